The fraction of sp³-hybridized carbons (Fsp3) is 0.211. The second-order valence-electron chi connectivity index (χ2n) is 5.69. The lowest BCUT2D eigenvalue weighted by Gasteiger charge is -2.16. The largest absolute Gasteiger partial charge is 0.468 e. The molecule has 0 aliphatic carbocycles. The number of fused-ring (bicyclic) bond motifs is 1. The summed E-state index contributed by atoms with van der Waals surface area (Å²) in [5, 5.41) is 0.763. The summed E-state index contributed by atoms with van der Waals surface area (Å²) in [5.74, 6) is -0.835. The van der Waals surface area contributed by atoms with Gasteiger partial charge in [0.1, 0.15) is 12.4 Å². The third-order valence-electron chi connectivity index (χ3n) is 3.96. The summed E-state index contributed by atoms with van der Waals surface area (Å²) in [6, 6.07) is 13.2. The lowest BCUT2D eigenvalue weighted by molar-refractivity contribution is -0.141. The smallest absolute Gasteiger partial charge is 0.325 e. The van der Waals surface area contributed by atoms with Crippen LogP contribution in [0.1, 0.15) is 17.7 Å². The number of rotatable bonds is 5. The number of benzene rings is 2. The van der Waals surface area contributed by atoms with Crippen molar-refractivity contribution in [3.05, 3.63) is 70.3 Å². The van der Waals surface area contributed by atoms with Gasteiger partial charge in [-0.05, 0) is 36.8 Å². The van der Waals surface area contributed by atoms with Gasteiger partial charge in [0.05, 0.1) is 18.0 Å². The highest BCUT2D eigenvalue weighted by molar-refractivity contribution is 7.99. The Kier molecular flexibility index (Phi) is 5.37. The van der Waals surface area contributed by atoms with Crippen LogP contribution in [-0.2, 0) is 16.1 Å². The van der Waals surface area contributed by atoms with E-state index >= 15 is 0 Å². The number of aromatic nitrogens is 2. The average Bonchev–Trinajstić information content (AvgIpc) is 2.65. The van der Waals surface area contributed by atoms with Gasteiger partial charge in [0.2, 0.25) is 0 Å². The Hall–Kier alpha value is -2.67. The molecule has 134 valence electrons. The van der Waals surface area contributed by atoms with Crippen molar-refractivity contribution in [1.82, 2.24) is 9.55 Å². The second-order valence-corrected chi connectivity index (χ2v) is 7.00. The summed E-state index contributed by atoms with van der Waals surface area (Å²) in [4.78, 5) is 29.1. The average molecular weight is 372 g/mol. The first-order valence-electron chi connectivity index (χ1n) is 7.98. The second kappa shape index (κ2) is 7.70. The predicted molar refractivity (Wildman–Crippen MR) is 98.7 cm³/mol. The molecule has 0 aliphatic rings. The van der Waals surface area contributed by atoms with Crippen LogP contribution in [0.15, 0.2) is 58.5 Å². The Morgan fingerprint density at radius 3 is 2.62 bits per heavy atom. The van der Waals surface area contributed by atoms with Gasteiger partial charge in [0, 0.05) is 5.25 Å². The number of carbonyl (C=O) groups is 1. The van der Waals surface area contributed by atoms with Crippen LogP contribution in [0.4, 0.5) is 4.39 Å². The van der Waals surface area contributed by atoms with E-state index in [-0.39, 0.29) is 23.2 Å². The summed E-state index contributed by atoms with van der Waals surface area (Å²) in [6.07, 6.45) is 0. The Balaban J connectivity index is 2.04. The molecule has 0 saturated carbocycles. The fourth-order valence-corrected chi connectivity index (χ4v) is 3.57. The zero-order valence-corrected chi connectivity index (χ0v) is 15.1. The zero-order valence-electron chi connectivity index (χ0n) is 14.3. The number of nitrogens with zero attached hydrogens (tertiary/aromatic N) is 2. The first-order valence-corrected chi connectivity index (χ1v) is 8.86. The molecule has 3 aromatic rings. The number of carbonyl (C=O) groups excluding carboxylic acids is 1. The fourth-order valence-electron chi connectivity index (χ4n) is 2.53. The predicted octanol–water partition coefficient (Wildman–Crippen LogP) is 3.56. The standard InChI is InChI=1S/C19H17FN2O3S/c1-12(13-7-9-14(20)10-8-13)26-19-21-16-6-4-3-5-15(16)18(24)22(19)11-17(23)25-2/h3-10,12H,11H2,1-2H3/t12-/m0/s1. The van der Waals surface area contributed by atoms with Crippen molar-refractivity contribution in [2.45, 2.75) is 23.9 Å². The summed E-state index contributed by atoms with van der Waals surface area (Å²) < 4.78 is 19.2. The molecule has 0 saturated heterocycles. The number of thioether (sulfide) groups is 1. The van der Waals surface area contributed by atoms with Crippen molar-refractivity contribution in [2.75, 3.05) is 7.11 Å². The minimum atomic E-state index is -0.527. The van der Waals surface area contributed by atoms with Crippen LogP contribution < -0.4 is 5.56 Å². The molecule has 0 unspecified atom stereocenters. The van der Waals surface area contributed by atoms with Crippen molar-refractivity contribution in [2.24, 2.45) is 0 Å². The van der Waals surface area contributed by atoms with Gasteiger partial charge in [-0.15, -0.1) is 0 Å². The highest BCUT2D eigenvalue weighted by Gasteiger charge is 2.17. The van der Waals surface area contributed by atoms with E-state index in [9.17, 15) is 14.0 Å². The van der Waals surface area contributed by atoms with Gasteiger partial charge >= 0.3 is 5.97 Å². The Labute approximate surface area is 153 Å². The van der Waals surface area contributed by atoms with Crippen molar-refractivity contribution in [1.29, 1.82) is 0 Å². The van der Waals surface area contributed by atoms with E-state index in [1.54, 1.807) is 36.4 Å². The molecule has 7 heteroatoms. The molecule has 5 nitrogen and oxygen atoms in total. The van der Waals surface area contributed by atoms with Crippen molar-refractivity contribution >= 4 is 28.6 Å². The molecular formula is C19H17FN2O3S. The Morgan fingerprint density at radius 2 is 1.92 bits per heavy atom. The monoisotopic (exact) mass is 372 g/mol. The minimum absolute atomic E-state index is 0.0902. The van der Waals surface area contributed by atoms with E-state index < -0.39 is 5.97 Å². The maximum absolute atomic E-state index is 13.1. The molecule has 1 heterocycles. The van der Waals surface area contributed by atoms with E-state index in [4.69, 9.17) is 4.74 Å². The maximum atomic E-state index is 13.1. The van der Waals surface area contributed by atoms with E-state index in [2.05, 4.69) is 4.98 Å². The zero-order chi connectivity index (χ0) is 18.7. The summed E-state index contributed by atoms with van der Waals surface area (Å²) in [7, 11) is 1.27. The number of methoxy groups -OCH3 is 1. The highest BCUT2D eigenvalue weighted by Crippen LogP contribution is 2.33. The number of para-hydroxylation sites is 1. The number of hydrogen-bond acceptors (Lipinski definition) is 5. The third-order valence-corrected chi connectivity index (χ3v) is 5.11. The van der Waals surface area contributed by atoms with Gasteiger partial charge in [-0.25, -0.2) is 9.37 Å². The molecule has 0 spiro atoms. The van der Waals surface area contributed by atoms with E-state index in [0.717, 1.165) is 5.56 Å². The minimum Gasteiger partial charge on any atom is -0.468 e. The lowest BCUT2D eigenvalue weighted by Crippen LogP contribution is -2.27. The van der Waals surface area contributed by atoms with Gasteiger partial charge in [-0.3, -0.25) is 14.2 Å². The molecule has 0 N–H and O–H groups in total. The summed E-state index contributed by atoms with van der Waals surface area (Å²) >= 11 is 1.33. The van der Waals surface area contributed by atoms with Gasteiger partial charge < -0.3 is 4.74 Å². The molecule has 0 amide bonds. The molecule has 0 aliphatic heterocycles. The Morgan fingerprint density at radius 1 is 1.23 bits per heavy atom. The SMILES string of the molecule is COC(=O)Cn1c(S[C@@H](C)c2ccc(F)cc2)nc2ccccc2c1=O. The molecule has 3 rings (SSSR count). The van der Waals surface area contributed by atoms with E-state index in [1.165, 1.54) is 35.6 Å². The van der Waals surface area contributed by atoms with Crippen LogP contribution in [0.5, 0.6) is 0 Å². The first kappa shape index (κ1) is 18.1. The Bertz CT molecular complexity index is 1000. The van der Waals surface area contributed by atoms with Crippen LogP contribution in [-0.4, -0.2) is 22.6 Å². The van der Waals surface area contributed by atoms with E-state index in [0.29, 0.717) is 16.1 Å². The highest BCUT2D eigenvalue weighted by atomic mass is 32.2. The molecule has 0 bridgehead atoms. The number of hydrogen-bond donors (Lipinski definition) is 0. The number of halogens is 1. The van der Waals surface area contributed by atoms with Gasteiger partial charge in [-0.2, -0.15) is 0 Å². The molecule has 26 heavy (non-hydrogen) atoms. The molecule has 2 aromatic carbocycles. The van der Waals surface area contributed by atoms with Gasteiger partial charge in [-0.1, -0.05) is 36.0 Å². The van der Waals surface area contributed by atoms with Crippen LogP contribution in [0.2, 0.25) is 0 Å². The van der Waals surface area contributed by atoms with Crippen LogP contribution >= 0.6 is 11.8 Å². The van der Waals surface area contributed by atoms with Crippen molar-refractivity contribution in [3.8, 4) is 0 Å². The normalized spacial score (nSPS) is 12.1. The van der Waals surface area contributed by atoms with Crippen molar-refractivity contribution < 1.29 is 13.9 Å². The summed E-state index contributed by atoms with van der Waals surface area (Å²) in [6.45, 7) is 1.72. The lowest BCUT2D eigenvalue weighted by atomic mass is 10.2. The van der Waals surface area contributed by atoms with Crippen LogP contribution in [0.3, 0.4) is 0 Å². The maximum Gasteiger partial charge on any atom is 0.325 e. The molecule has 1 atom stereocenters. The molecular weight excluding hydrogens is 355 g/mol. The molecule has 0 fully saturated rings. The third kappa shape index (κ3) is 3.77. The summed E-state index contributed by atoms with van der Waals surface area (Å²) in [5.41, 5.74) is 1.16. The molecule has 1 aromatic heterocycles. The van der Waals surface area contributed by atoms with Crippen molar-refractivity contribution in [3.63, 3.8) is 0 Å². The van der Waals surface area contributed by atoms with Crippen LogP contribution in [0, 0.1) is 5.82 Å². The topological polar surface area (TPSA) is 61.2 Å². The number of ether oxygens (including phenoxy) is 1. The molecule has 0 radical (unpaired) electrons. The quantitative estimate of drug-likeness (QED) is 0.389. The van der Waals surface area contributed by atoms with E-state index in [1.807, 2.05) is 6.92 Å². The van der Waals surface area contributed by atoms with Gasteiger partial charge in [0.25, 0.3) is 5.56 Å². The first-order chi connectivity index (χ1) is 12.5. The van der Waals surface area contributed by atoms with Crippen LogP contribution in [0.25, 0.3) is 10.9 Å². The number of esters is 1. The van der Waals surface area contributed by atoms with Gasteiger partial charge in [0.15, 0.2) is 5.16 Å².